The van der Waals surface area contributed by atoms with Crippen molar-refractivity contribution in [2.24, 2.45) is 11.3 Å². The number of carbonyl (C=O) groups is 1. The molecule has 2 aliphatic rings. The first kappa shape index (κ1) is 23.4. The number of hydrogen-bond donors (Lipinski definition) is 1. The number of rotatable bonds is 5. The molecule has 0 saturated carbocycles. The summed E-state index contributed by atoms with van der Waals surface area (Å²) in [6.45, 7) is 7.95. The van der Waals surface area contributed by atoms with E-state index in [9.17, 15) is 18.8 Å². The van der Waals surface area contributed by atoms with Crippen molar-refractivity contribution in [2.45, 2.75) is 45.6 Å². The number of piperidine rings is 1. The first-order valence-corrected chi connectivity index (χ1v) is 11.5. The molecule has 0 spiro atoms. The van der Waals surface area contributed by atoms with E-state index in [-0.39, 0.29) is 36.9 Å². The summed E-state index contributed by atoms with van der Waals surface area (Å²) in [5.41, 5.74) is 1.95. The molecule has 1 amide bonds. The predicted octanol–water partition coefficient (Wildman–Crippen LogP) is 3.80. The summed E-state index contributed by atoms with van der Waals surface area (Å²) in [5, 5.41) is 13.2. The Bertz CT molecular complexity index is 1070. The van der Waals surface area contributed by atoms with Gasteiger partial charge in [0.2, 0.25) is 11.8 Å². The second-order valence-corrected chi connectivity index (χ2v) is 10.3. The first-order valence-electron chi connectivity index (χ1n) is 11.5. The number of anilines is 1. The number of fused-ring (bicyclic) bond motifs is 1. The summed E-state index contributed by atoms with van der Waals surface area (Å²) in [6, 6.07) is 8.87. The molecule has 4 rings (SSSR count). The predicted molar refractivity (Wildman–Crippen MR) is 124 cm³/mol. The van der Waals surface area contributed by atoms with Crippen LogP contribution in [0.5, 0.6) is 0 Å². The lowest BCUT2D eigenvalue weighted by Gasteiger charge is -2.41. The Morgan fingerprint density at radius 3 is 2.79 bits per heavy atom. The zero-order valence-corrected chi connectivity index (χ0v) is 19.4. The topological polar surface area (TPSA) is 72.3 Å². The number of hydrogen-bond acceptors (Lipinski definition) is 5. The zero-order valence-electron chi connectivity index (χ0n) is 19.4. The third kappa shape index (κ3) is 5.25. The van der Waals surface area contributed by atoms with Crippen molar-refractivity contribution in [3.8, 4) is 6.07 Å². The fraction of sp³-hybridized carbons (Fsp3) is 0.560. The molecule has 1 aromatic carbocycles. The molecule has 3 heterocycles. The minimum absolute atomic E-state index is 0.121. The number of amides is 1. The van der Waals surface area contributed by atoms with Crippen molar-refractivity contribution in [3.05, 3.63) is 36.0 Å². The van der Waals surface area contributed by atoms with Crippen LogP contribution in [-0.2, 0) is 4.79 Å². The zero-order chi connectivity index (χ0) is 23.8. The number of nitriles is 1. The molecule has 2 fully saturated rings. The molecule has 33 heavy (non-hydrogen) atoms. The molecule has 8 heteroatoms. The van der Waals surface area contributed by atoms with Crippen molar-refractivity contribution >= 4 is 22.5 Å². The third-order valence-corrected chi connectivity index (χ3v) is 6.86. The number of aromatic nitrogens is 1. The highest BCUT2D eigenvalue weighted by atomic mass is 19.3. The van der Waals surface area contributed by atoms with Gasteiger partial charge in [-0.15, -0.1) is 0 Å². The number of alkyl halides is 2. The van der Waals surface area contributed by atoms with Gasteiger partial charge in [-0.2, -0.15) is 5.26 Å². The molecule has 0 aliphatic carbocycles. The summed E-state index contributed by atoms with van der Waals surface area (Å²) in [4.78, 5) is 21.1. The Balaban J connectivity index is 1.55. The van der Waals surface area contributed by atoms with E-state index in [4.69, 9.17) is 0 Å². The molecular weight excluding hydrogens is 424 g/mol. The lowest BCUT2D eigenvalue weighted by Crippen LogP contribution is -2.55. The van der Waals surface area contributed by atoms with Gasteiger partial charge < -0.3 is 10.2 Å². The van der Waals surface area contributed by atoms with Crippen LogP contribution in [0.1, 0.15) is 39.2 Å². The summed E-state index contributed by atoms with van der Waals surface area (Å²) in [6.07, 6.45) is 2.89. The molecule has 1 aromatic heterocycles. The van der Waals surface area contributed by atoms with Crippen LogP contribution >= 0.6 is 0 Å². The van der Waals surface area contributed by atoms with Crippen molar-refractivity contribution in [2.75, 3.05) is 37.6 Å². The van der Waals surface area contributed by atoms with Gasteiger partial charge in [0.25, 0.3) is 0 Å². The highest BCUT2D eigenvalue weighted by molar-refractivity contribution is 5.95. The molecule has 2 aromatic rings. The smallest absolute Gasteiger partial charge is 0.249 e. The van der Waals surface area contributed by atoms with Gasteiger partial charge in [-0.3, -0.25) is 14.7 Å². The van der Waals surface area contributed by atoms with Gasteiger partial charge >= 0.3 is 0 Å². The second-order valence-electron chi connectivity index (χ2n) is 10.3. The number of benzene rings is 1. The van der Waals surface area contributed by atoms with E-state index in [1.807, 2.05) is 11.0 Å². The van der Waals surface area contributed by atoms with Crippen molar-refractivity contribution in [1.82, 2.24) is 15.2 Å². The molecule has 2 atom stereocenters. The number of likely N-dealkylation sites (tertiary alicyclic amines) is 1. The number of pyridine rings is 1. The van der Waals surface area contributed by atoms with Gasteiger partial charge in [0.1, 0.15) is 6.07 Å². The van der Waals surface area contributed by atoms with Crippen molar-refractivity contribution in [1.29, 1.82) is 5.26 Å². The Morgan fingerprint density at radius 2 is 2.12 bits per heavy atom. The fourth-order valence-electron chi connectivity index (χ4n) is 5.13. The second kappa shape index (κ2) is 8.86. The summed E-state index contributed by atoms with van der Waals surface area (Å²) < 4.78 is 28.9. The van der Waals surface area contributed by atoms with Crippen LogP contribution in [-0.4, -0.2) is 60.5 Å². The molecule has 0 radical (unpaired) electrons. The van der Waals surface area contributed by atoms with Crippen LogP contribution in [0.25, 0.3) is 10.9 Å². The quantitative estimate of drug-likeness (QED) is 0.743. The van der Waals surface area contributed by atoms with Gasteiger partial charge in [0, 0.05) is 48.9 Å². The van der Waals surface area contributed by atoms with Crippen LogP contribution in [0.2, 0.25) is 0 Å². The van der Waals surface area contributed by atoms with E-state index in [1.165, 1.54) is 0 Å². The average Bonchev–Trinajstić information content (AvgIpc) is 3.09. The van der Waals surface area contributed by atoms with E-state index in [0.717, 1.165) is 37.5 Å². The fourth-order valence-corrected chi connectivity index (χ4v) is 5.13. The van der Waals surface area contributed by atoms with E-state index in [2.05, 4.69) is 35.1 Å². The first-order chi connectivity index (χ1) is 15.6. The van der Waals surface area contributed by atoms with Crippen LogP contribution in [0.3, 0.4) is 0 Å². The maximum Gasteiger partial charge on any atom is 0.249 e. The largest absolute Gasteiger partial charge is 0.368 e. The summed E-state index contributed by atoms with van der Waals surface area (Å²) in [7, 11) is 0. The molecule has 2 aliphatic heterocycles. The maximum atomic E-state index is 14.5. The normalized spacial score (nSPS) is 23.5. The number of nitrogens with one attached hydrogen (secondary N) is 1. The Hall–Kier alpha value is -2.79. The van der Waals surface area contributed by atoms with E-state index in [0.29, 0.717) is 17.6 Å². The summed E-state index contributed by atoms with van der Waals surface area (Å²) in [5.74, 6) is -3.89. The van der Waals surface area contributed by atoms with E-state index >= 15 is 0 Å². The van der Waals surface area contributed by atoms with Crippen molar-refractivity contribution in [3.63, 3.8) is 0 Å². The highest BCUT2D eigenvalue weighted by Gasteiger charge is 2.41. The van der Waals surface area contributed by atoms with Crippen LogP contribution in [0.4, 0.5) is 14.5 Å². The molecule has 2 saturated heterocycles. The van der Waals surface area contributed by atoms with Crippen molar-refractivity contribution < 1.29 is 13.6 Å². The molecule has 0 unspecified atom stereocenters. The Labute approximate surface area is 193 Å². The molecule has 176 valence electrons. The van der Waals surface area contributed by atoms with Gasteiger partial charge in [0.05, 0.1) is 17.6 Å². The summed E-state index contributed by atoms with van der Waals surface area (Å²) >= 11 is 0. The molecular formula is C25H31F2N5O. The lowest BCUT2D eigenvalue weighted by molar-refractivity contribution is -0.123. The van der Waals surface area contributed by atoms with Crippen LogP contribution in [0.15, 0.2) is 30.5 Å². The van der Waals surface area contributed by atoms with Gasteiger partial charge in [-0.1, -0.05) is 13.8 Å². The number of nitrogens with zero attached hydrogens (tertiary/aromatic N) is 4. The average molecular weight is 456 g/mol. The van der Waals surface area contributed by atoms with Gasteiger partial charge in [-0.05, 0) is 56.0 Å². The minimum Gasteiger partial charge on any atom is -0.368 e. The van der Waals surface area contributed by atoms with E-state index < -0.39 is 11.8 Å². The minimum atomic E-state index is -2.87. The van der Waals surface area contributed by atoms with E-state index in [1.54, 1.807) is 24.4 Å². The number of carbonyl (C=O) groups excluding carboxylic acids is 1. The van der Waals surface area contributed by atoms with Gasteiger partial charge in [0.15, 0.2) is 0 Å². The molecule has 6 nitrogen and oxygen atoms in total. The molecule has 1 N–H and O–H groups in total. The highest BCUT2D eigenvalue weighted by Crippen LogP contribution is 2.36. The number of halogens is 2. The maximum absolute atomic E-state index is 14.5. The lowest BCUT2D eigenvalue weighted by atomic mass is 9.88. The third-order valence-electron chi connectivity index (χ3n) is 6.86. The Morgan fingerprint density at radius 1 is 1.33 bits per heavy atom. The Kier molecular flexibility index (Phi) is 6.28. The SMILES string of the molecule is CC1(C)CCN(CC(=O)N[C@@H]2C[C@H](C(C)(F)F)CN(c3ccc(C#N)c4ncccc34)C2)C1. The molecule has 0 bridgehead atoms. The standard InChI is InChI=1S/C25H31F2N5O/c1-24(2)8-10-31(16-24)15-22(33)30-19-11-18(25(3,26)27)13-32(14-19)21-7-6-17(12-28)23-20(21)5-4-9-29-23/h4-7,9,18-19H,8,10-11,13-16H2,1-3H3,(H,30,33)/t18-,19+/m0/s1. The monoisotopic (exact) mass is 455 g/mol. The van der Waals surface area contributed by atoms with Crippen LogP contribution in [0, 0.1) is 22.7 Å². The van der Waals surface area contributed by atoms with Gasteiger partial charge in [-0.25, -0.2) is 8.78 Å². The van der Waals surface area contributed by atoms with Crippen LogP contribution < -0.4 is 10.2 Å².